The molecule has 0 spiro atoms. The number of halogens is 1. The number of hydrazone groups is 1. The van der Waals surface area contributed by atoms with E-state index in [0.717, 1.165) is 22.0 Å². The van der Waals surface area contributed by atoms with Crippen LogP contribution in [0.2, 0.25) is 0 Å². The van der Waals surface area contributed by atoms with Gasteiger partial charge in [-0.25, -0.2) is 4.39 Å². The lowest BCUT2D eigenvalue weighted by Gasteiger charge is -2.06. The number of thiocarbonyl (C=S) groups is 1. The van der Waals surface area contributed by atoms with Crippen molar-refractivity contribution in [2.24, 2.45) is 5.10 Å². The first-order chi connectivity index (χ1) is 14.7. The Morgan fingerprint density at radius 2 is 1.70 bits per heavy atom. The van der Waals surface area contributed by atoms with Gasteiger partial charge in [-0.1, -0.05) is 66.7 Å². The van der Waals surface area contributed by atoms with Gasteiger partial charge in [-0.15, -0.1) is 0 Å². The summed E-state index contributed by atoms with van der Waals surface area (Å²) in [6.45, 7) is 1.08. The minimum atomic E-state index is -0.206. The molecule has 150 valence electrons. The fraction of sp³-hybridized carbons (Fsp3) is 0.0833. The second-order valence-electron chi connectivity index (χ2n) is 6.86. The van der Waals surface area contributed by atoms with Crippen LogP contribution in [-0.4, -0.2) is 15.9 Å². The molecule has 2 N–H and O–H groups in total. The van der Waals surface area contributed by atoms with Crippen molar-refractivity contribution >= 4 is 34.4 Å². The molecular formula is C24H21FN4S. The molecular weight excluding hydrogens is 395 g/mol. The van der Waals surface area contributed by atoms with E-state index in [1.165, 1.54) is 6.07 Å². The van der Waals surface area contributed by atoms with Crippen molar-refractivity contribution < 1.29 is 4.39 Å². The third-order valence-corrected chi connectivity index (χ3v) is 5.02. The van der Waals surface area contributed by atoms with E-state index in [1.54, 1.807) is 18.3 Å². The maximum Gasteiger partial charge on any atom is 0.187 e. The Hall–Kier alpha value is -3.51. The number of nitrogens with one attached hydrogen (secondary N) is 2. The predicted octanol–water partition coefficient (Wildman–Crippen LogP) is 4.83. The molecule has 0 aliphatic carbocycles. The van der Waals surface area contributed by atoms with Crippen LogP contribution in [0.1, 0.15) is 16.7 Å². The molecule has 1 aromatic heterocycles. The number of nitrogens with zero attached hydrogens (tertiary/aromatic N) is 2. The van der Waals surface area contributed by atoms with Crippen molar-refractivity contribution in [3.05, 3.63) is 108 Å². The molecule has 6 heteroatoms. The van der Waals surface area contributed by atoms with Gasteiger partial charge in [-0.2, -0.15) is 5.10 Å². The molecule has 0 saturated carbocycles. The van der Waals surface area contributed by atoms with Gasteiger partial charge >= 0.3 is 0 Å². The number of benzene rings is 3. The summed E-state index contributed by atoms with van der Waals surface area (Å²) in [6, 6.07) is 24.9. The molecule has 0 saturated heterocycles. The Bertz CT molecular complexity index is 1180. The molecule has 4 nitrogen and oxygen atoms in total. The zero-order chi connectivity index (χ0) is 20.8. The van der Waals surface area contributed by atoms with Gasteiger partial charge in [0.25, 0.3) is 0 Å². The molecule has 3 aromatic carbocycles. The van der Waals surface area contributed by atoms with Crippen LogP contribution in [0.15, 0.2) is 90.2 Å². The first kappa shape index (κ1) is 19.8. The van der Waals surface area contributed by atoms with Crippen molar-refractivity contribution in [2.75, 3.05) is 0 Å². The molecule has 0 aliphatic rings. The summed E-state index contributed by atoms with van der Waals surface area (Å²) < 4.78 is 16.1. The highest BCUT2D eigenvalue weighted by Gasteiger charge is 2.09. The number of para-hydroxylation sites is 1. The van der Waals surface area contributed by atoms with Gasteiger partial charge in [0, 0.05) is 34.8 Å². The lowest BCUT2D eigenvalue weighted by molar-refractivity contribution is 0.602. The van der Waals surface area contributed by atoms with E-state index in [-0.39, 0.29) is 5.82 Å². The summed E-state index contributed by atoms with van der Waals surface area (Å²) in [5.74, 6) is -0.206. The number of hydrogen-bond acceptors (Lipinski definition) is 2. The monoisotopic (exact) mass is 416 g/mol. The number of rotatable bonds is 6. The topological polar surface area (TPSA) is 41.4 Å². The average molecular weight is 417 g/mol. The van der Waals surface area contributed by atoms with Crippen molar-refractivity contribution in [3.8, 4) is 0 Å². The van der Waals surface area contributed by atoms with Crippen LogP contribution >= 0.6 is 12.2 Å². The van der Waals surface area contributed by atoms with Crippen LogP contribution in [0.3, 0.4) is 0 Å². The molecule has 0 radical (unpaired) electrons. The van der Waals surface area contributed by atoms with Gasteiger partial charge in [-0.05, 0) is 29.9 Å². The SMILES string of the molecule is Fc1ccccc1Cn1cc(/C=N\NC(=S)NCc2ccccc2)c2ccccc21. The highest BCUT2D eigenvalue weighted by Crippen LogP contribution is 2.22. The van der Waals surface area contributed by atoms with E-state index in [1.807, 2.05) is 71.4 Å². The quantitative estimate of drug-likeness (QED) is 0.269. The zero-order valence-corrected chi connectivity index (χ0v) is 17.1. The predicted molar refractivity (Wildman–Crippen MR) is 124 cm³/mol. The van der Waals surface area contributed by atoms with E-state index >= 15 is 0 Å². The summed E-state index contributed by atoms with van der Waals surface area (Å²) >= 11 is 5.29. The third kappa shape index (κ3) is 4.72. The van der Waals surface area contributed by atoms with Crippen LogP contribution in [0, 0.1) is 5.82 Å². The molecule has 0 bridgehead atoms. The lowest BCUT2D eigenvalue weighted by atomic mass is 10.2. The molecule has 4 rings (SSSR count). The lowest BCUT2D eigenvalue weighted by Crippen LogP contribution is -2.31. The zero-order valence-electron chi connectivity index (χ0n) is 16.3. The second kappa shape index (κ2) is 9.33. The van der Waals surface area contributed by atoms with Crippen molar-refractivity contribution in [1.82, 2.24) is 15.3 Å². The molecule has 0 unspecified atom stereocenters. The van der Waals surface area contributed by atoms with Crippen LogP contribution in [0.25, 0.3) is 10.9 Å². The van der Waals surface area contributed by atoms with E-state index in [0.29, 0.717) is 23.8 Å². The third-order valence-electron chi connectivity index (χ3n) is 4.78. The molecule has 4 aromatic rings. The van der Waals surface area contributed by atoms with Crippen LogP contribution in [-0.2, 0) is 13.1 Å². The number of hydrogen-bond donors (Lipinski definition) is 2. The second-order valence-corrected chi connectivity index (χ2v) is 7.27. The van der Waals surface area contributed by atoms with Crippen molar-refractivity contribution in [3.63, 3.8) is 0 Å². The van der Waals surface area contributed by atoms with Gasteiger partial charge in [0.2, 0.25) is 0 Å². The fourth-order valence-electron chi connectivity index (χ4n) is 3.30. The van der Waals surface area contributed by atoms with Gasteiger partial charge in [-0.3, -0.25) is 5.43 Å². The molecule has 1 heterocycles. The van der Waals surface area contributed by atoms with E-state index in [4.69, 9.17) is 12.2 Å². The average Bonchev–Trinajstić information content (AvgIpc) is 3.12. The van der Waals surface area contributed by atoms with E-state index < -0.39 is 0 Å². The summed E-state index contributed by atoms with van der Waals surface area (Å²) in [6.07, 6.45) is 3.71. The fourth-order valence-corrected chi connectivity index (χ4v) is 3.42. The minimum absolute atomic E-state index is 0.206. The Kier molecular flexibility index (Phi) is 6.15. The first-order valence-electron chi connectivity index (χ1n) is 9.63. The smallest absolute Gasteiger partial charge is 0.187 e. The van der Waals surface area contributed by atoms with Gasteiger partial charge in [0.15, 0.2) is 5.11 Å². The van der Waals surface area contributed by atoms with Crippen LogP contribution in [0.4, 0.5) is 4.39 Å². The Morgan fingerprint density at radius 1 is 0.967 bits per heavy atom. The summed E-state index contributed by atoms with van der Waals surface area (Å²) in [5.41, 5.74) is 6.59. The first-order valence-corrected chi connectivity index (χ1v) is 10.0. The maximum atomic E-state index is 14.1. The van der Waals surface area contributed by atoms with Crippen LogP contribution < -0.4 is 10.7 Å². The van der Waals surface area contributed by atoms with Crippen LogP contribution in [0.5, 0.6) is 0 Å². The number of aromatic nitrogens is 1. The highest BCUT2D eigenvalue weighted by atomic mass is 32.1. The van der Waals surface area contributed by atoms with Gasteiger partial charge in [0.05, 0.1) is 12.8 Å². The Labute approximate surface area is 180 Å². The Balaban J connectivity index is 1.46. The summed E-state index contributed by atoms with van der Waals surface area (Å²) in [5, 5.41) is 8.90. The minimum Gasteiger partial charge on any atom is -0.357 e. The largest absolute Gasteiger partial charge is 0.357 e. The Morgan fingerprint density at radius 3 is 2.53 bits per heavy atom. The van der Waals surface area contributed by atoms with Crippen molar-refractivity contribution in [1.29, 1.82) is 0 Å². The van der Waals surface area contributed by atoms with E-state index in [2.05, 4.69) is 15.8 Å². The van der Waals surface area contributed by atoms with Gasteiger partial charge < -0.3 is 9.88 Å². The summed E-state index contributed by atoms with van der Waals surface area (Å²) in [7, 11) is 0. The molecule has 0 fully saturated rings. The maximum absolute atomic E-state index is 14.1. The molecule has 0 aliphatic heterocycles. The van der Waals surface area contributed by atoms with E-state index in [9.17, 15) is 4.39 Å². The van der Waals surface area contributed by atoms with Crippen molar-refractivity contribution in [2.45, 2.75) is 13.1 Å². The molecule has 0 atom stereocenters. The standard InChI is InChI=1S/C24H21FN4S/c25-22-12-6-4-10-19(22)16-29-17-20(21-11-5-7-13-23(21)29)15-27-28-24(30)26-14-18-8-2-1-3-9-18/h1-13,15,17H,14,16H2,(H2,26,28,30)/b27-15-. The number of fused-ring (bicyclic) bond motifs is 1. The normalized spacial score (nSPS) is 11.1. The molecule has 30 heavy (non-hydrogen) atoms. The highest BCUT2D eigenvalue weighted by molar-refractivity contribution is 7.80. The summed E-state index contributed by atoms with van der Waals surface area (Å²) in [4.78, 5) is 0. The molecule has 0 amide bonds. The van der Waals surface area contributed by atoms with Gasteiger partial charge in [0.1, 0.15) is 5.82 Å².